The number of benzene rings is 1. The molecule has 0 radical (unpaired) electrons. The zero-order chi connectivity index (χ0) is 10.7. The third kappa shape index (κ3) is 2.40. The van der Waals surface area contributed by atoms with Crippen molar-refractivity contribution < 1.29 is 4.42 Å². The maximum Gasteiger partial charge on any atom is 0.0952 e. The van der Waals surface area contributed by atoms with Crippen LogP contribution in [0, 0.1) is 13.8 Å². The molecule has 1 aromatic heterocycles. The summed E-state index contributed by atoms with van der Waals surface area (Å²) in [5.41, 5.74) is 4.95. The van der Waals surface area contributed by atoms with Crippen molar-refractivity contribution in [3.05, 3.63) is 53.5 Å². The molecule has 0 unspecified atom stereocenters. The summed E-state index contributed by atoms with van der Waals surface area (Å²) in [7, 11) is 0. The van der Waals surface area contributed by atoms with Crippen LogP contribution in [-0.2, 0) is 6.54 Å². The molecule has 0 aliphatic rings. The van der Waals surface area contributed by atoms with E-state index in [0.29, 0.717) is 0 Å². The highest BCUT2D eigenvalue weighted by atomic mass is 16.3. The Hall–Kier alpha value is -1.70. The molecule has 0 aliphatic carbocycles. The van der Waals surface area contributed by atoms with Crippen molar-refractivity contribution in [3.63, 3.8) is 0 Å². The summed E-state index contributed by atoms with van der Waals surface area (Å²) in [5.74, 6) is 0. The smallest absolute Gasteiger partial charge is 0.0952 e. The Kier molecular flexibility index (Phi) is 2.77. The van der Waals surface area contributed by atoms with Crippen LogP contribution in [0.4, 0.5) is 5.69 Å². The second-order valence-electron chi connectivity index (χ2n) is 3.78. The molecule has 0 spiro atoms. The summed E-state index contributed by atoms with van der Waals surface area (Å²) in [6.07, 6.45) is 3.45. The van der Waals surface area contributed by atoms with Gasteiger partial charge in [-0.15, -0.1) is 0 Å². The van der Waals surface area contributed by atoms with Crippen LogP contribution in [-0.4, -0.2) is 0 Å². The van der Waals surface area contributed by atoms with Gasteiger partial charge < -0.3 is 9.73 Å². The first-order valence-electron chi connectivity index (χ1n) is 5.08. The van der Waals surface area contributed by atoms with Crippen molar-refractivity contribution in [2.45, 2.75) is 20.4 Å². The minimum atomic E-state index is 0.805. The number of hydrogen-bond donors (Lipinski definition) is 1. The van der Waals surface area contributed by atoms with E-state index in [1.54, 1.807) is 12.5 Å². The van der Waals surface area contributed by atoms with Gasteiger partial charge in [0.05, 0.1) is 12.5 Å². The van der Waals surface area contributed by atoms with Crippen molar-refractivity contribution in [3.8, 4) is 0 Å². The minimum absolute atomic E-state index is 0.805. The maximum atomic E-state index is 5.01. The van der Waals surface area contributed by atoms with Crippen LogP contribution in [0.15, 0.2) is 41.2 Å². The number of aryl methyl sites for hydroxylation is 2. The molecule has 0 saturated heterocycles. The van der Waals surface area contributed by atoms with Crippen LogP contribution in [0.1, 0.15) is 16.7 Å². The highest BCUT2D eigenvalue weighted by Crippen LogP contribution is 2.15. The second-order valence-corrected chi connectivity index (χ2v) is 3.78. The van der Waals surface area contributed by atoms with Crippen LogP contribution in [0.3, 0.4) is 0 Å². The zero-order valence-corrected chi connectivity index (χ0v) is 9.08. The fourth-order valence-electron chi connectivity index (χ4n) is 1.45. The standard InChI is InChI=1S/C13H15NO/c1-10-3-4-13(7-11(10)2)14-8-12-5-6-15-9-12/h3-7,9,14H,8H2,1-2H3. The van der Waals surface area contributed by atoms with Gasteiger partial charge in [0.15, 0.2) is 0 Å². The molecule has 15 heavy (non-hydrogen) atoms. The normalized spacial score (nSPS) is 10.3. The van der Waals surface area contributed by atoms with Crippen molar-refractivity contribution in [2.75, 3.05) is 5.32 Å². The molecule has 2 nitrogen and oxygen atoms in total. The van der Waals surface area contributed by atoms with Crippen molar-refractivity contribution >= 4 is 5.69 Å². The average Bonchev–Trinajstić information content (AvgIpc) is 2.73. The molecule has 0 atom stereocenters. The fraction of sp³-hybridized carbons (Fsp3) is 0.231. The summed E-state index contributed by atoms with van der Waals surface area (Å²) in [6.45, 7) is 5.05. The number of furan rings is 1. The van der Waals surface area contributed by atoms with Crippen LogP contribution in [0.25, 0.3) is 0 Å². The first-order chi connectivity index (χ1) is 7.25. The van der Waals surface area contributed by atoms with Crippen LogP contribution in [0.5, 0.6) is 0 Å². The van der Waals surface area contributed by atoms with Gasteiger partial charge in [0, 0.05) is 17.8 Å². The van der Waals surface area contributed by atoms with E-state index in [9.17, 15) is 0 Å². The largest absolute Gasteiger partial charge is 0.472 e. The topological polar surface area (TPSA) is 25.2 Å². The first kappa shape index (κ1) is 9.84. The number of rotatable bonds is 3. The minimum Gasteiger partial charge on any atom is -0.472 e. The number of nitrogens with one attached hydrogen (secondary N) is 1. The van der Waals surface area contributed by atoms with Gasteiger partial charge in [0.2, 0.25) is 0 Å². The maximum absolute atomic E-state index is 5.01. The van der Waals surface area contributed by atoms with Crippen molar-refractivity contribution in [1.29, 1.82) is 0 Å². The van der Waals surface area contributed by atoms with Gasteiger partial charge >= 0.3 is 0 Å². The third-order valence-corrected chi connectivity index (χ3v) is 2.58. The number of anilines is 1. The molecule has 1 heterocycles. The van der Waals surface area contributed by atoms with E-state index in [4.69, 9.17) is 4.42 Å². The Morgan fingerprint density at radius 3 is 2.67 bits per heavy atom. The zero-order valence-electron chi connectivity index (χ0n) is 9.08. The quantitative estimate of drug-likeness (QED) is 0.822. The monoisotopic (exact) mass is 201 g/mol. The molecule has 1 aromatic carbocycles. The van der Waals surface area contributed by atoms with Gasteiger partial charge in [0.25, 0.3) is 0 Å². The number of hydrogen-bond acceptors (Lipinski definition) is 2. The Morgan fingerprint density at radius 1 is 1.13 bits per heavy atom. The predicted molar refractivity (Wildman–Crippen MR) is 62.0 cm³/mol. The predicted octanol–water partition coefficient (Wildman–Crippen LogP) is 3.51. The van der Waals surface area contributed by atoms with E-state index in [2.05, 4.69) is 37.4 Å². The van der Waals surface area contributed by atoms with E-state index in [-0.39, 0.29) is 0 Å². The Bertz CT molecular complexity index is 432. The molecule has 0 amide bonds. The average molecular weight is 201 g/mol. The first-order valence-corrected chi connectivity index (χ1v) is 5.08. The molecule has 0 aliphatic heterocycles. The SMILES string of the molecule is Cc1ccc(NCc2ccoc2)cc1C. The van der Waals surface area contributed by atoms with E-state index < -0.39 is 0 Å². The van der Waals surface area contributed by atoms with E-state index in [0.717, 1.165) is 17.8 Å². The molecule has 2 rings (SSSR count). The van der Waals surface area contributed by atoms with Gasteiger partial charge in [-0.05, 0) is 43.2 Å². The molecule has 0 saturated carbocycles. The molecule has 2 aromatic rings. The van der Waals surface area contributed by atoms with Crippen LogP contribution < -0.4 is 5.32 Å². The van der Waals surface area contributed by atoms with Crippen LogP contribution in [0.2, 0.25) is 0 Å². The third-order valence-electron chi connectivity index (χ3n) is 2.58. The lowest BCUT2D eigenvalue weighted by Crippen LogP contribution is -1.98. The van der Waals surface area contributed by atoms with E-state index in [1.165, 1.54) is 11.1 Å². The summed E-state index contributed by atoms with van der Waals surface area (Å²) >= 11 is 0. The Morgan fingerprint density at radius 2 is 2.00 bits per heavy atom. The Balaban J connectivity index is 2.02. The van der Waals surface area contributed by atoms with Crippen LogP contribution >= 0.6 is 0 Å². The lowest BCUT2D eigenvalue weighted by atomic mass is 10.1. The molecule has 2 heteroatoms. The molecule has 1 N–H and O–H groups in total. The Labute approximate surface area is 89.9 Å². The fourth-order valence-corrected chi connectivity index (χ4v) is 1.45. The molecule has 78 valence electrons. The van der Waals surface area contributed by atoms with Gasteiger partial charge in [-0.3, -0.25) is 0 Å². The van der Waals surface area contributed by atoms with Gasteiger partial charge in [-0.1, -0.05) is 6.07 Å². The lowest BCUT2D eigenvalue weighted by Gasteiger charge is -2.07. The highest BCUT2D eigenvalue weighted by molar-refractivity contribution is 5.48. The van der Waals surface area contributed by atoms with Gasteiger partial charge in [-0.25, -0.2) is 0 Å². The molecule has 0 fully saturated rings. The van der Waals surface area contributed by atoms with E-state index >= 15 is 0 Å². The summed E-state index contributed by atoms with van der Waals surface area (Å²) in [6, 6.07) is 8.36. The summed E-state index contributed by atoms with van der Waals surface area (Å²) < 4.78 is 5.01. The lowest BCUT2D eigenvalue weighted by molar-refractivity contribution is 0.564. The van der Waals surface area contributed by atoms with Gasteiger partial charge in [-0.2, -0.15) is 0 Å². The van der Waals surface area contributed by atoms with Crippen molar-refractivity contribution in [2.24, 2.45) is 0 Å². The molecule has 0 bridgehead atoms. The van der Waals surface area contributed by atoms with E-state index in [1.807, 2.05) is 6.07 Å². The molecular formula is C13H15NO. The van der Waals surface area contributed by atoms with Crippen molar-refractivity contribution in [1.82, 2.24) is 0 Å². The molecular weight excluding hydrogens is 186 g/mol. The van der Waals surface area contributed by atoms with Gasteiger partial charge in [0.1, 0.15) is 0 Å². The highest BCUT2D eigenvalue weighted by Gasteiger charge is 1.97. The second kappa shape index (κ2) is 4.22. The summed E-state index contributed by atoms with van der Waals surface area (Å²) in [4.78, 5) is 0. The summed E-state index contributed by atoms with van der Waals surface area (Å²) in [5, 5.41) is 3.36.